The molecule has 0 fully saturated rings. The maximum absolute atomic E-state index is 13.0. The number of nitrogens with zero attached hydrogens (tertiary/aromatic N) is 4. The van der Waals surface area contributed by atoms with Gasteiger partial charge in [-0.2, -0.15) is 9.78 Å². The molecule has 4 aromatic rings. The fraction of sp³-hybridized carbons (Fsp3) is 0.0476. The molecule has 0 spiro atoms. The van der Waals surface area contributed by atoms with Crippen LogP contribution in [0.5, 0.6) is 0 Å². The standard InChI is InChI=1S/C21H17N5O/c27-21(17-7-2-1-3-8-17)26-20(24-14-16-6-4-10-22-13-16)12-19(25-26)18-9-5-11-23-15-18/h1-13,15,24H,14H2. The number of hydrogen-bond acceptors (Lipinski definition) is 5. The highest BCUT2D eigenvalue weighted by Crippen LogP contribution is 2.22. The van der Waals surface area contributed by atoms with Crippen molar-refractivity contribution in [1.82, 2.24) is 19.7 Å². The van der Waals surface area contributed by atoms with Crippen LogP contribution in [0.1, 0.15) is 15.9 Å². The van der Waals surface area contributed by atoms with Crippen molar-refractivity contribution in [3.05, 3.63) is 96.6 Å². The molecule has 3 aromatic heterocycles. The van der Waals surface area contributed by atoms with E-state index in [-0.39, 0.29) is 5.91 Å². The highest BCUT2D eigenvalue weighted by atomic mass is 16.2. The third-order valence-corrected chi connectivity index (χ3v) is 4.08. The third kappa shape index (κ3) is 3.74. The lowest BCUT2D eigenvalue weighted by atomic mass is 10.2. The van der Waals surface area contributed by atoms with Crippen LogP contribution in [0.3, 0.4) is 0 Å². The topological polar surface area (TPSA) is 72.7 Å². The number of anilines is 1. The van der Waals surface area contributed by atoms with Crippen molar-refractivity contribution in [2.45, 2.75) is 6.54 Å². The van der Waals surface area contributed by atoms with Crippen molar-refractivity contribution >= 4 is 11.7 Å². The second-order valence-corrected chi connectivity index (χ2v) is 5.95. The largest absolute Gasteiger partial charge is 0.366 e. The second kappa shape index (κ2) is 7.61. The number of pyridine rings is 2. The van der Waals surface area contributed by atoms with E-state index in [0.717, 1.165) is 11.1 Å². The molecule has 0 unspecified atom stereocenters. The molecule has 0 aliphatic heterocycles. The van der Waals surface area contributed by atoms with Gasteiger partial charge in [0.1, 0.15) is 5.82 Å². The number of carbonyl (C=O) groups excluding carboxylic acids is 1. The predicted molar refractivity (Wildman–Crippen MR) is 103 cm³/mol. The molecule has 132 valence electrons. The van der Waals surface area contributed by atoms with Gasteiger partial charge in [-0.3, -0.25) is 14.8 Å². The average molecular weight is 355 g/mol. The van der Waals surface area contributed by atoms with Crippen molar-refractivity contribution < 1.29 is 4.79 Å². The normalized spacial score (nSPS) is 10.5. The van der Waals surface area contributed by atoms with Crippen molar-refractivity contribution in [3.8, 4) is 11.3 Å². The Bertz CT molecular complexity index is 1030. The number of nitrogens with one attached hydrogen (secondary N) is 1. The van der Waals surface area contributed by atoms with E-state index in [4.69, 9.17) is 0 Å². The summed E-state index contributed by atoms with van der Waals surface area (Å²) in [6.07, 6.45) is 6.95. The van der Waals surface area contributed by atoms with Gasteiger partial charge in [-0.15, -0.1) is 0 Å². The Balaban J connectivity index is 1.69. The summed E-state index contributed by atoms with van der Waals surface area (Å²) in [7, 11) is 0. The highest BCUT2D eigenvalue weighted by Gasteiger charge is 2.17. The van der Waals surface area contributed by atoms with Gasteiger partial charge < -0.3 is 5.32 Å². The van der Waals surface area contributed by atoms with Gasteiger partial charge in [0.25, 0.3) is 5.91 Å². The van der Waals surface area contributed by atoms with E-state index >= 15 is 0 Å². The molecule has 0 saturated heterocycles. The Kier molecular flexibility index (Phi) is 4.70. The minimum atomic E-state index is -0.195. The van der Waals surface area contributed by atoms with Gasteiger partial charge in [-0.25, -0.2) is 0 Å². The average Bonchev–Trinajstić information content (AvgIpc) is 3.18. The van der Waals surface area contributed by atoms with Crippen LogP contribution in [0.4, 0.5) is 5.82 Å². The lowest BCUT2D eigenvalue weighted by molar-refractivity contribution is 0.0948. The number of benzene rings is 1. The van der Waals surface area contributed by atoms with Crippen molar-refractivity contribution in [2.24, 2.45) is 0 Å². The van der Waals surface area contributed by atoms with Crippen LogP contribution in [0, 0.1) is 0 Å². The van der Waals surface area contributed by atoms with E-state index < -0.39 is 0 Å². The molecule has 0 atom stereocenters. The summed E-state index contributed by atoms with van der Waals surface area (Å²) >= 11 is 0. The number of carbonyl (C=O) groups is 1. The lowest BCUT2D eigenvalue weighted by Gasteiger charge is -2.08. The van der Waals surface area contributed by atoms with Crippen molar-refractivity contribution in [1.29, 1.82) is 0 Å². The molecular weight excluding hydrogens is 338 g/mol. The van der Waals surface area contributed by atoms with E-state index in [1.165, 1.54) is 4.68 Å². The molecule has 27 heavy (non-hydrogen) atoms. The molecule has 0 amide bonds. The van der Waals surface area contributed by atoms with Gasteiger partial charge in [0.15, 0.2) is 0 Å². The first-order valence-corrected chi connectivity index (χ1v) is 8.54. The van der Waals surface area contributed by atoms with Gasteiger partial charge in [-0.1, -0.05) is 24.3 Å². The molecular formula is C21H17N5O. The number of rotatable bonds is 5. The second-order valence-electron chi connectivity index (χ2n) is 5.95. The third-order valence-electron chi connectivity index (χ3n) is 4.08. The summed E-state index contributed by atoms with van der Waals surface area (Å²) in [5.41, 5.74) is 3.12. The predicted octanol–water partition coefficient (Wildman–Crippen LogP) is 3.64. The zero-order valence-corrected chi connectivity index (χ0v) is 14.5. The Morgan fingerprint density at radius 2 is 1.70 bits per heavy atom. The maximum atomic E-state index is 13.0. The fourth-order valence-corrected chi connectivity index (χ4v) is 2.72. The summed E-state index contributed by atoms with van der Waals surface area (Å²) < 4.78 is 1.40. The minimum absolute atomic E-state index is 0.195. The van der Waals surface area contributed by atoms with E-state index in [9.17, 15) is 4.79 Å². The van der Waals surface area contributed by atoms with Crippen molar-refractivity contribution in [3.63, 3.8) is 0 Å². The Morgan fingerprint density at radius 3 is 2.41 bits per heavy atom. The van der Waals surface area contributed by atoms with Crippen LogP contribution >= 0.6 is 0 Å². The van der Waals surface area contributed by atoms with Crippen LogP contribution < -0.4 is 5.32 Å². The summed E-state index contributed by atoms with van der Waals surface area (Å²) in [4.78, 5) is 21.2. The molecule has 6 heteroatoms. The molecule has 0 bridgehead atoms. The molecule has 0 radical (unpaired) electrons. The Morgan fingerprint density at radius 1 is 0.926 bits per heavy atom. The molecule has 1 N–H and O–H groups in total. The van der Waals surface area contributed by atoms with Gasteiger partial charge in [-0.05, 0) is 35.9 Å². The molecule has 0 aliphatic carbocycles. The summed E-state index contributed by atoms with van der Waals surface area (Å²) in [6.45, 7) is 0.536. The Labute approximate surface area is 156 Å². The van der Waals surface area contributed by atoms with E-state index in [2.05, 4.69) is 20.4 Å². The van der Waals surface area contributed by atoms with E-state index in [1.807, 2.05) is 48.5 Å². The zero-order chi connectivity index (χ0) is 18.5. The monoisotopic (exact) mass is 355 g/mol. The quantitative estimate of drug-likeness (QED) is 0.592. The summed E-state index contributed by atoms with van der Waals surface area (Å²) in [6, 6.07) is 18.6. The van der Waals surface area contributed by atoms with Crippen LogP contribution in [-0.4, -0.2) is 25.7 Å². The fourth-order valence-electron chi connectivity index (χ4n) is 2.72. The lowest BCUT2D eigenvalue weighted by Crippen LogP contribution is -2.17. The van der Waals surface area contributed by atoms with Gasteiger partial charge >= 0.3 is 0 Å². The molecule has 0 saturated carbocycles. The minimum Gasteiger partial charge on any atom is -0.366 e. The first kappa shape index (κ1) is 16.7. The zero-order valence-electron chi connectivity index (χ0n) is 14.5. The molecule has 3 heterocycles. The van der Waals surface area contributed by atoms with E-state index in [1.54, 1.807) is 36.9 Å². The van der Waals surface area contributed by atoms with Crippen LogP contribution in [0.2, 0.25) is 0 Å². The van der Waals surface area contributed by atoms with E-state index in [0.29, 0.717) is 23.6 Å². The van der Waals surface area contributed by atoms with Crippen LogP contribution in [0.25, 0.3) is 11.3 Å². The highest BCUT2D eigenvalue weighted by molar-refractivity contribution is 5.97. The molecule has 4 rings (SSSR count). The van der Waals surface area contributed by atoms with Gasteiger partial charge in [0.2, 0.25) is 0 Å². The first-order valence-electron chi connectivity index (χ1n) is 8.54. The summed E-state index contributed by atoms with van der Waals surface area (Å²) in [5, 5.41) is 7.81. The van der Waals surface area contributed by atoms with Gasteiger partial charge in [0.05, 0.1) is 5.69 Å². The molecule has 1 aromatic carbocycles. The Hall–Kier alpha value is -3.80. The van der Waals surface area contributed by atoms with Crippen LogP contribution in [-0.2, 0) is 6.54 Å². The maximum Gasteiger partial charge on any atom is 0.280 e. The first-order chi connectivity index (χ1) is 13.3. The smallest absolute Gasteiger partial charge is 0.280 e. The molecule has 6 nitrogen and oxygen atoms in total. The SMILES string of the molecule is O=C(c1ccccc1)n1nc(-c2cccnc2)cc1NCc1cccnc1. The van der Waals surface area contributed by atoms with Crippen LogP contribution in [0.15, 0.2) is 85.5 Å². The summed E-state index contributed by atoms with van der Waals surface area (Å²) in [5.74, 6) is 0.422. The molecule has 0 aliphatic rings. The number of aromatic nitrogens is 4. The van der Waals surface area contributed by atoms with Crippen molar-refractivity contribution in [2.75, 3.05) is 5.32 Å². The number of hydrogen-bond donors (Lipinski definition) is 1. The van der Waals surface area contributed by atoms with Gasteiger partial charge in [0, 0.05) is 48.5 Å².